The van der Waals surface area contributed by atoms with Crippen LogP contribution < -0.4 is 4.74 Å². The molecule has 4 heterocycles. The van der Waals surface area contributed by atoms with E-state index in [2.05, 4.69) is 19.8 Å². The van der Waals surface area contributed by atoms with Crippen LogP contribution in [0.3, 0.4) is 0 Å². The molecule has 0 amide bonds. The predicted molar refractivity (Wildman–Crippen MR) is 74.0 cm³/mol. The smallest absolute Gasteiger partial charge is 0.414 e. The van der Waals surface area contributed by atoms with Gasteiger partial charge < -0.3 is 19.8 Å². The van der Waals surface area contributed by atoms with Crippen LogP contribution in [0.25, 0.3) is 5.57 Å². The highest BCUT2D eigenvalue weighted by atomic mass is 32.1. The van der Waals surface area contributed by atoms with Gasteiger partial charge in [-0.2, -0.15) is 4.37 Å². The lowest BCUT2D eigenvalue weighted by Gasteiger charge is -2.38. The molecule has 8 nitrogen and oxygen atoms in total. The molecule has 1 aromatic rings. The molecule has 3 aliphatic heterocycles. The Morgan fingerprint density at radius 3 is 2.33 bits per heavy atom. The summed E-state index contributed by atoms with van der Waals surface area (Å²) < 4.78 is 13.7. The topological polar surface area (TPSA) is 113 Å². The number of piperidine rings is 1. The van der Waals surface area contributed by atoms with Gasteiger partial charge in [0.2, 0.25) is 0 Å². The molecule has 0 aromatic carbocycles. The minimum Gasteiger partial charge on any atom is -0.479 e. The van der Waals surface area contributed by atoms with Gasteiger partial charge in [-0.05, 0) is 18.8 Å². The minimum absolute atomic E-state index is 0.660. The monoisotopic (exact) mass is 313 g/mol. The van der Waals surface area contributed by atoms with Crippen molar-refractivity contribution in [1.29, 1.82) is 0 Å². The highest BCUT2D eigenvalue weighted by molar-refractivity contribution is 6.99. The number of carboxylic acid groups (broad SMARTS) is 2. The van der Waals surface area contributed by atoms with Crippen molar-refractivity contribution in [3.8, 4) is 5.88 Å². The summed E-state index contributed by atoms with van der Waals surface area (Å²) in [6, 6.07) is 0. The molecule has 0 unspecified atom stereocenters. The number of aromatic nitrogens is 2. The first kappa shape index (κ1) is 15.2. The van der Waals surface area contributed by atoms with Crippen LogP contribution in [-0.2, 0) is 9.59 Å². The summed E-state index contributed by atoms with van der Waals surface area (Å²) in [7, 11) is 1.65. The lowest BCUT2D eigenvalue weighted by atomic mass is 9.84. The fourth-order valence-electron chi connectivity index (χ4n) is 2.39. The van der Waals surface area contributed by atoms with Gasteiger partial charge >= 0.3 is 11.9 Å². The fraction of sp³-hybridized carbons (Fsp3) is 0.500. The van der Waals surface area contributed by atoms with Gasteiger partial charge in [-0.3, -0.25) is 0 Å². The third kappa shape index (κ3) is 3.48. The molecule has 114 valence electrons. The predicted octanol–water partition coefficient (Wildman–Crippen LogP) is 0.769. The second kappa shape index (κ2) is 6.53. The summed E-state index contributed by atoms with van der Waals surface area (Å²) in [5, 5.41) is 14.8. The van der Waals surface area contributed by atoms with E-state index >= 15 is 0 Å². The lowest BCUT2D eigenvalue weighted by Crippen LogP contribution is -2.35. The summed E-state index contributed by atoms with van der Waals surface area (Å²) >= 11 is 1.23. The van der Waals surface area contributed by atoms with Gasteiger partial charge in [-0.15, -0.1) is 4.37 Å². The van der Waals surface area contributed by atoms with Crippen molar-refractivity contribution in [2.45, 2.75) is 12.8 Å². The zero-order valence-electron chi connectivity index (χ0n) is 11.4. The zero-order valence-corrected chi connectivity index (χ0v) is 12.2. The SMILES string of the molecule is COc1nsnc1C1=CN2CCC1CC2.O=C(O)C(=O)O. The molecule has 0 saturated carbocycles. The molecule has 21 heavy (non-hydrogen) atoms. The average molecular weight is 313 g/mol. The second-order valence-corrected chi connectivity index (χ2v) is 5.16. The molecule has 1 aromatic heterocycles. The molecule has 3 aliphatic rings. The van der Waals surface area contributed by atoms with Gasteiger partial charge in [0, 0.05) is 24.9 Å². The maximum Gasteiger partial charge on any atom is 0.414 e. The number of fused-ring (bicyclic) bond motifs is 2. The summed E-state index contributed by atoms with van der Waals surface area (Å²) in [6.45, 7) is 2.38. The van der Waals surface area contributed by atoms with Crippen molar-refractivity contribution in [1.82, 2.24) is 13.6 Å². The maximum absolute atomic E-state index is 9.10. The number of methoxy groups -OCH3 is 1. The first-order valence-corrected chi connectivity index (χ1v) is 7.04. The Labute approximate surface area is 125 Å². The molecular formula is C12H15N3O5S. The van der Waals surface area contributed by atoms with Gasteiger partial charge in [-0.1, -0.05) is 0 Å². The van der Waals surface area contributed by atoms with Gasteiger partial charge in [0.05, 0.1) is 18.8 Å². The zero-order chi connectivity index (χ0) is 15.4. The largest absolute Gasteiger partial charge is 0.479 e. The normalized spacial score (nSPS) is 16.8. The van der Waals surface area contributed by atoms with E-state index < -0.39 is 11.9 Å². The van der Waals surface area contributed by atoms with Crippen LogP contribution in [0.2, 0.25) is 0 Å². The van der Waals surface area contributed by atoms with Crippen molar-refractivity contribution in [2.24, 2.45) is 5.92 Å². The minimum atomic E-state index is -1.82. The molecule has 1 saturated heterocycles. The third-order valence-corrected chi connectivity index (χ3v) is 3.91. The highest BCUT2D eigenvalue weighted by Gasteiger charge is 2.30. The standard InChI is InChI=1S/C10H13N3OS.C2H2O4/c1-14-10-9(11-15-12-10)8-6-13-4-2-7(8)3-5-13;3-1(4)2(5)6/h6-7H,2-5H2,1H3;(H,3,4)(H,5,6). The van der Waals surface area contributed by atoms with Crippen LogP contribution in [0.15, 0.2) is 6.20 Å². The fourth-order valence-corrected chi connectivity index (χ4v) is 2.93. The lowest BCUT2D eigenvalue weighted by molar-refractivity contribution is -0.159. The van der Waals surface area contributed by atoms with Gasteiger partial charge in [0.25, 0.3) is 5.88 Å². The molecule has 1 fully saturated rings. The molecule has 0 atom stereocenters. The number of ether oxygens (including phenoxy) is 1. The number of rotatable bonds is 2. The van der Waals surface area contributed by atoms with Gasteiger partial charge in [-0.25, -0.2) is 9.59 Å². The van der Waals surface area contributed by atoms with E-state index in [1.807, 2.05) is 0 Å². The van der Waals surface area contributed by atoms with E-state index in [4.69, 9.17) is 24.5 Å². The molecule has 0 spiro atoms. The molecule has 4 rings (SSSR count). The number of aliphatic carboxylic acids is 2. The Morgan fingerprint density at radius 2 is 1.90 bits per heavy atom. The van der Waals surface area contributed by atoms with Crippen LogP contribution in [-0.4, -0.2) is 56.0 Å². The number of allylic oxidation sites excluding steroid dienone is 1. The maximum atomic E-state index is 9.10. The Hall–Kier alpha value is -2.16. The summed E-state index contributed by atoms with van der Waals surface area (Å²) in [6.07, 6.45) is 4.72. The molecule has 0 aliphatic carbocycles. The number of carboxylic acids is 2. The van der Waals surface area contributed by atoms with E-state index in [0.717, 1.165) is 5.69 Å². The van der Waals surface area contributed by atoms with Crippen molar-refractivity contribution in [3.05, 3.63) is 11.9 Å². The third-order valence-electron chi connectivity index (χ3n) is 3.40. The molecular weight excluding hydrogens is 298 g/mol. The average Bonchev–Trinajstić information content (AvgIpc) is 2.97. The number of carbonyl (C=O) groups is 2. The van der Waals surface area contributed by atoms with Crippen LogP contribution in [0, 0.1) is 5.92 Å². The summed E-state index contributed by atoms with van der Waals surface area (Å²) in [5.41, 5.74) is 2.27. The van der Waals surface area contributed by atoms with Gasteiger partial charge in [0.1, 0.15) is 5.69 Å². The summed E-state index contributed by atoms with van der Waals surface area (Å²) in [4.78, 5) is 20.6. The Bertz CT molecular complexity index is 551. The quantitative estimate of drug-likeness (QED) is 0.770. The summed E-state index contributed by atoms with van der Waals surface area (Å²) in [5.74, 6) is -2.31. The number of hydrogen-bond donors (Lipinski definition) is 2. The Balaban J connectivity index is 0.000000232. The Morgan fingerprint density at radius 1 is 1.29 bits per heavy atom. The second-order valence-electron chi connectivity index (χ2n) is 4.63. The van der Waals surface area contributed by atoms with Crippen LogP contribution >= 0.6 is 11.7 Å². The van der Waals surface area contributed by atoms with E-state index in [9.17, 15) is 0 Å². The van der Waals surface area contributed by atoms with Crippen molar-refractivity contribution in [2.75, 3.05) is 20.2 Å². The molecule has 0 radical (unpaired) electrons. The number of nitrogens with zero attached hydrogens (tertiary/aromatic N) is 3. The van der Waals surface area contributed by atoms with E-state index in [1.54, 1.807) is 7.11 Å². The van der Waals surface area contributed by atoms with Crippen molar-refractivity contribution < 1.29 is 24.5 Å². The highest BCUT2D eigenvalue weighted by Crippen LogP contribution is 2.39. The first-order chi connectivity index (χ1) is 10.0. The molecule has 2 N–H and O–H groups in total. The van der Waals surface area contributed by atoms with Crippen molar-refractivity contribution >= 4 is 29.2 Å². The first-order valence-electron chi connectivity index (χ1n) is 6.31. The number of hydrogen-bond acceptors (Lipinski definition) is 7. The van der Waals surface area contributed by atoms with E-state index in [0.29, 0.717) is 11.8 Å². The van der Waals surface area contributed by atoms with E-state index in [-0.39, 0.29) is 0 Å². The van der Waals surface area contributed by atoms with Crippen molar-refractivity contribution in [3.63, 3.8) is 0 Å². The van der Waals surface area contributed by atoms with E-state index in [1.165, 1.54) is 43.2 Å². The van der Waals surface area contributed by atoms with Crippen LogP contribution in [0.1, 0.15) is 18.5 Å². The van der Waals surface area contributed by atoms with Crippen LogP contribution in [0.4, 0.5) is 0 Å². The molecule has 9 heteroatoms. The molecule has 2 bridgehead atoms. The van der Waals surface area contributed by atoms with Gasteiger partial charge in [0.15, 0.2) is 0 Å². The van der Waals surface area contributed by atoms with Crippen LogP contribution in [0.5, 0.6) is 5.88 Å². The Kier molecular flexibility index (Phi) is 4.73.